The Kier molecular flexibility index (Phi) is 3.82. The number of hydrogen-bond acceptors (Lipinski definition) is 3. The Morgan fingerprint density at radius 1 is 1.24 bits per heavy atom. The minimum atomic E-state index is -0.397. The lowest BCUT2D eigenvalue weighted by Crippen LogP contribution is -2.15. The largest absolute Gasteiger partial charge is 0.389 e. The van der Waals surface area contributed by atoms with Crippen LogP contribution >= 0.6 is 11.3 Å². The zero-order chi connectivity index (χ0) is 12.3. The fourth-order valence-corrected chi connectivity index (χ4v) is 2.41. The van der Waals surface area contributed by atoms with Crippen molar-refractivity contribution >= 4 is 17.0 Å². The van der Waals surface area contributed by atoms with Crippen LogP contribution in [0.25, 0.3) is 0 Å². The summed E-state index contributed by atoms with van der Waals surface area (Å²) in [5.74, 6) is 0. The Balaban J connectivity index is 2.06. The van der Waals surface area contributed by atoms with Crippen LogP contribution in [-0.2, 0) is 6.54 Å². The lowest BCUT2D eigenvalue weighted by Gasteiger charge is -2.19. The molecular weight excluding hydrogens is 230 g/mol. The molecule has 0 saturated carbocycles. The second kappa shape index (κ2) is 5.34. The van der Waals surface area contributed by atoms with Crippen LogP contribution in [0.5, 0.6) is 0 Å². The van der Waals surface area contributed by atoms with Crippen LogP contribution in [0.1, 0.15) is 24.2 Å². The fraction of sp³-hybridized carbons (Fsp3) is 0.286. The van der Waals surface area contributed by atoms with E-state index in [4.69, 9.17) is 0 Å². The molecule has 0 fully saturated rings. The van der Waals surface area contributed by atoms with E-state index >= 15 is 0 Å². The van der Waals surface area contributed by atoms with Gasteiger partial charge in [-0.05, 0) is 47.0 Å². The van der Waals surface area contributed by atoms with Gasteiger partial charge in [-0.2, -0.15) is 11.3 Å². The number of anilines is 1. The van der Waals surface area contributed by atoms with E-state index in [1.165, 1.54) is 11.3 Å². The van der Waals surface area contributed by atoms with Gasteiger partial charge in [-0.25, -0.2) is 0 Å². The maximum absolute atomic E-state index is 9.45. The molecule has 0 radical (unpaired) electrons. The standard InChI is InChI=1S/C14H17NOS/c1-11(16)13-3-5-14(6-4-13)15(2)9-12-7-8-17-10-12/h3-8,10-11,16H,9H2,1-2H3/t11-/m1/s1. The van der Waals surface area contributed by atoms with Crippen molar-refractivity contribution in [3.8, 4) is 0 Å². The summed E-state index contributed by atoms with van der Waals surface area (Å²) in [5, 5.41) is 13.7. The van der Waals surface area contributed by atoms with E-state index in [2.05, 4.69) is 40.9 Å². The first-order valence-corrected chi connectivity index (χ1v) is 6.61. The first-order valence-electron chi connectivity index (χ1n) is 5.67. The van der Waals surface area contributed by atoms with Crippen LogP contribution in [0.15, 0.2) is 41.1 Å². The summed E-state index contributed by atoms with van der Waals surface area (Å²) in [4.78, 5) is 2.20. The number of thiophene rings is 1. The first-order chi connectivity index (χ1) is 8.16. The van der Waals surface area contributed by atoms with Gasteiger partial charge >= 0.3 is 0 Å². The molecule has 0 amide bonds. The Morgan fingerprint density at radius 2 is 1.94 bits per heavy atom. The molecule has 0 aliphatic heterocycles. The van der Waals surface area contributed by atoms with Crippen molar-refractivity contribution in [1.29, 1.82) is 0 Å². The van der Waals surface area contributed by atoms with E-state index < -0.39 is 6.10 Å². The van der Waals surface area contributed by atoms with Gasteiger partial charge in [0.15, 0.2) is 0 Å². The number of aliphatic hydroxyl groups excluding tert-OH is 1. The Labute approximate surface area is 106 Å². The van der Waals surface area contributed by atoms with Gasteiger partial charge < -0.3 is 10.0 Å². The van der Waals surface area contributed by atoms with E-state index in [9.17, 15) is 5.11 Å². The van der Waals surface area contributed by atoms with Gasteiger partial charge in [0.1, 0.15) is 0 Å². The summed E-state index contributed by atoms with van der Waals surface area (Å²) in [6.07, 6.45) is -0.397. The second-order valence-electron chi connectivity index (χ2n) is 4.26. The van der Waals surface area contributed by atoms with Gasteiger partial charge in [-0.15, -0.1) is 0 Å². The summed E-state index contributed by atoms with van der Waals surface area (Å²) in [7, 11) is 2.08. The highest BCUT2D eigenvalue weighted by Crippen LogP contribution is 2.20. The molecule has 2 nitrogen and oxygen atoms in total. The van der Waals surface area contributed by atoms with Crippen molar-refractivity contribution in [3.63, 3.8) is 0 Å². The molecule has 0 aliphatic rings. The monoisotopic (exact) mass is 247 g/mol. The van der Waals surface area contributed by atoms with Gasteiger partial charge in [0.05, 0.1) is 6.10 Å². The van der Waals surface area contributed by atoms with Gasteiger partial charge in [0.25, 0.3) is 0 Å². The van der Waals surface area contributed by atoms with Crippen LogP contribution in [-0.4, -0.2) is 12.2 Å². The molecule has 1 heterocycles. The van der Waals surface area contributed by atoms with Crippen molar-refractivity contribution in [3.05, 3.63) is 52.2 Å². The third kappa shape index (κ3) is 3.08. The van der Waals surface area contributed by atoms with Crippen LogP contribution < -0.4 is 4.90 Å². The van der Waals surface area contributed by atoms with Crippen LogP contribution in [0, 0.1) is 0 Å². The molecule has 1 atom stereocenters. The minimum absolute atomic E-state index is 0.397. The van der Waals surface area contributed by atoms with Gasteiger partial charge in [0.2, 0.25) is 0 Å². The van der Waals surface area contributed by atoms with Gasteiger partial charge in [-0.3, -0.25) is 0 Å². The Bertz CT molecular complexity index is 448. The predicted molar refractivity (Wildman–Crippen MR) is 73.5 cm³/mol. The predicted octanol–water partition coefficient (Wildman–Crippen LogP) is 3.44. The molecule has 1 N–H and O–H groups in total. The Hall–Kier alpha value is -1.32. The summed E-state index contributed by atoms with van der Waals surface area (Å²) >= 11 is 1.72. The van der Waals surface area contributed by atoms with Crippen molar-refractivity contribution in [2.75, 3.05) is 11.9 Å². The summed E-state index contributed by atoms with van der Waals surface area (Å²) in [5.41, 5.74) is 3.45. The van der Waals surface area contributed by atoms with E-state index in [0.29, 0.717) is 0 Å². The van der Waals surface area contributed by atoms with Crippen LogP contribution in [0.3, 0.4) is 0 Å². The van der Waals surface area contributed by atoms with Gasteiger partial charge in [-0.1, -0.05) is 12.1 Å². The van der Waals surface area contributed by atoms with Crippen molar-refractivity contribution in [2.45, 2.75) is 19.6 Å². The highest BCUT2D eigenvalue weighted by molar-refractivity contribution is 7.07. The molecule has 0 spiro atoms. The lowest BCUT2D eigenvalue weighted by molar-refractivity contribution is 0.199. The fourth-order valence-electron chi connectivity index (χ4n) is 1.76. The molecule has 0 bridgehead atoms. The molecule has 0 unspecified atom stereocenters. The average molecular weight is 247 g/mol. The molecule has 90 valence electrons. The number of benzene rings is 1. The maximum Gasteiger partial charge on any atom is 0.0761 e. The minimum Gasteiger partial charge on any atom is -0.389 e. The topological polar surface area (TPSA) is 23.5 Å². The van der Waals surface area contributed by atoms with E-state index in [1.807, 2.05) is 12.1 Å². The summed E-state index contributed by atoms with van der Waals surface area (Å²) < 4.78 is 0. The molecule has 1 aromatic heterocycles. The molecule has 0 aliphatic carbocycles. The third-order valence-electron chi connectivity index (χ3n) is 2.82. The SMILES string of the molecule is C[C@@H](O)c1ccc(N(C)Cc2ccsc2)cc1. The van der Waals surface area contributed by atoms with Crippen LogP contribution in [0.4, 0.5) is 5.69 Å². The van der Waals surface area contributed by atoms with E-state index in [0.717, 1.165) is 12.1 Å². The van der Waals surface area contributed by atoms with Crippen molar-refractivity contribution in [2.24, 2.45) is 0 Å². The summed E-state index contributed by atoms with van der Waals surface area (Å²) in [6, 6.07) is 10.2. The number of hydrogen-bond donors (Lipinski definition) is 1. The summed E-state index contributed by atoms with van der Waals surface area (Å²) in [6.45, 7) is 2.70. The quantitative estimate of drug-likeness (QED) is 0.894. The normalized spacial score (nSPS) is 12.4. The average Bonchev–Trinajstić information content (AvgIpc) is 2.82. The van der Waals surface area contributed by atoms with Crippen molar-refractivity contribution in [1.82, 2.24) is 0 Å². The maximum atomic E-state index is 9.45. The first kappa shape index (κ1) is 12.1. The smallest absolute Gasteiger partial charge is 0.0761 e. The molecule has 0 saturated heterocycles. The molecule has 17 heavy (non-hydrogen) atoms. The zero-order valence-corrected chi connectivity index (χ0v) is 10.9. The molecule has 2 rings (SSSR count). The molecule has 1 aromatic carbocycles. The van der Waals surface area contributed by atoms with Crippen molar-refractivity contribution < 1.29 is 5.11 Å². The highest BCUT2D eigenvalue weighted by atomic mass is 32.1. The van der Waals surface area contributed by atoms with E-state index in [1.54, 1.807) is 18.3 Å². The zero-order valence-electron chi connectivity index (χ0n) is 10.1. The van der Waals surface area contributed by atoms with Gasteiger partial charge in [0, 0.05) is 19.3 Å². The Morgan fingerprint density at radius 3 is 2.47 bits per heavy atom. The lowest BCUT2D eigenvalue weighted by atomic mass is 10.1. The molecule has 3 heteroatoms. The second-order valence-corrected chi connectivity index (χ2v) is 5.04. The number of nitrogens with zero attached hydrogens (tertiary/aromatic N) is 1. The molecule has 2 aromatic rings. The third-order valence-corrected chi connectivity index (χ3v) is 3.55. The van der Waals surface area contributed by atoms with E-state index in [-0.39, 0.29) is 0 Å². The highest BCUT2D eigenvalue weighted by Gasteiger charge is 2.04. The number of rotatable bonds is 4. The molecular formula is C14H17NOS. The van der Waals surface area contributed by atoms with Crippen LogP contribution in [0.2, 0.25) is 0 Å². The number of aliphatic hydroxyl groups is 1.